The summed E-state index contributed by atoms with van der Waals surface area (Å²) < 4.78 is 14.8. The van der Waals surface area contributed by atoms with E-state index in [-0.39, 0.29) is 11.7 Å². The van der Waals surface area contributed by atoms with Crippen molar-refractivity contribution >= 4 is 21.3 Å². The molecule has 0 radical (unpaired) electrons. The second-order valence-corrected chi connectivity index (χ2v) is 7.05. The maximum Gasteiger partial charge on any atom is 0.199 e. The quantitative estimate of drug-likeness (QED) is 0.473. The zero-order valence-corrected chi connectivity index (χ0v) is 11.6. The number of rotatable bonds is 5. The molecule has 6 nitrogen and oxygen atoms in total. The van der Waals surface area contributed by atoms with Crippen LogP contribution in [-0.4, -0.2) is 26.2 Å². The van der Waals surface area contributed by atoms with Crippen molar-refractivity contribution in [3.8, 4) is 0 Å². The minimum absolute atomic E-state index is 0.00850. The number of nitrogens with zero attached hydrogens (tertiary/aromatic N) is 3. The summed E-state index contributed by atoms with van der Waals surface area (Å²) in [6.45, 7) is 1.87. The average Bonchev–Trinajstić information content (AvgIpc) is 2.18. The van der Waals surface area contributed by atoms with Gasteiger partial charge in [0.25, 0.3) is 0 Å². The fraction of sp³-hybridized carbons (Fsp3) is 0.500. The van der Waals surface area contributed by atoms with Crippen LogP contribution in [0.2, 0.25) is 5.15 Å². The van der Waals surface area contributed by atoms with Gasteiger partial charge in [0.1, 0.15) is 19.4 Å². The first-order valence-corrected chi connectivity index (χ1v) is 7.70. The second kappa shape index (κ2) is 6.10. The van der Waals surface area contributed by atoms with Gasteiger partial charge in [-0.1, -0.05) is 24.6 Å². The van der Waals surface area contributed by atoms with Crippen molar-refractivity contribution in [3.05, 3.63) is 39.2 Å². The van der Waals surface area contributed by atoms with Crippen molar-refractivity contribution in [3.63, 3.8) is 0 Å². The van der Waals surface area contributed by atoms with Gasteiger partial charge in [0.15, 0.2) is 5.03 Å². The molecular formula is C10H14ClN3O3S. The zero-order chi connectivity index (χ0) is 13.8. The molecular weight excluding hydrogens is 278 g/mol. The molecule has 0 saturated carbocycles. The van der Waals surface area contributed by atoms with E-state index in [0.29, 0.717) is 11.6 Å². The first-order chi connectivity index (χ1) is 8.28. The number of hydrogen-bond donors (Lipinski definition) is 0. The van der Waals surface area contributed by atoms with Gasteiger partial charge in [0, 0.05) is 18.2 Å². The van der Waals surface area contributed by atoms with Gasteiger partial charge in [-0.25, -0.2) is 19.3 Å². The summed E-state index contributed by atoms with van der Waals surface area (Å²) in [6, 6.07) is 3.50. The van der Waals surface area contributed by atoms with Gasteiger partial charge >= 0.3 is 0 Å². The van der Waals surface area contributed by atoms with Crippen LogP contribution in [0.3, 0.4) is 0 Å². The van der Waals surface area contributed by atoms with Gasteiger partial charge in [-0.05, 0) is 24.0 Å². The SMILES string of the molecule is CC(Cc1ccc(Cl)nc1)CS(C)(=O)=N[N+](=O)[O-]. The van der Waals surface area contributed by atoms with Gasteiger partial charge in [-0.2, -0.15) is 0 Å². The molecule has 0 saturated heterocycles. The number of hydrogen-bond acceptors (Lipinski definition) is 4. The average molecular weight is 292 g/mol. The Bertz CT molecular complexity index is 538. The Morgan fingerprint density at radius 1 is 1.61 bits per heavy atom. The normalized spacial score (nSPS) is 15.7. The third-order valence-corrected chi connectivity index (χ3v) is 4.10. The van der Waals surface area contributed by atoms with Crippen LogP contribution >= 0.6 is 11.6 Å². The van der Waals surface area contributed by atoms with Crippen LogP contribution in [0.5, 0.6) is 0 Å². The first kappa shape index (κ1) is 14.8. The molecule has 0 bridgehead atoms. The van der Waals surface area contributed by atoms with E-state index in [1.54, 1.807) is 12.3 Å². The van der Waals surface area contributed by atoms with Crippen LogP contribution in [0.1, 0.15) is 12.5 Å². The smallest absolute Gasteiger partial charge is 0.199 e. The lowest BCUT2D eigenvalue weighted by Crippen LogP contribution is -2.15. The lowest BCUT2D eigenvalue weighted by atomic mass is 10.1. The number of pyridine rings is 1. The molecule has 0 aliphatic carbocycles. The van der Waals surface area contributed by atoms with Crippen molar-refractivity contribution < 1.29 is 9.24 Å². The summed E-state index contributed by atoms with van der Waals surface area (Å²) in [7, 11) is -2.78. The van der Waals surface area contributed by atoms with Crippen LogP contribution in [0.25, 0.3) is 0 Å². The number of nitro groups is 1. The van der Waals surface area contributed by atoms with Crippen LogP contribution < -0.4 is 0 Å². The highest BCUT2D eigenvalue weighted by atomic mass is 35.5. The predicted molar refractivity (Wildman–Crippen MR) is 70.5 cm³/mol. The fourth-order valence-corrected chi connectivity index (χ4v) is 3.32. The van der Waals surface area contributed by atoms with Crippen LogP contribution in [-0.2, 0) is 16.1 Å². The van der Waals surface area contributed by atoms with E-state index in [9.17, 15) is 14.3 Å². The lowest BCUT2D eigenvalue weighted by Gasteiger charge is -2.10. The molecule has 18 heavy (non-hydrogen) atoms. The summed E-state index contributed by atoms with van der Waals surface area (Å²) >= 11 is 5.67. The molecule has 1 rings (SSSR count). The molecule has 0 aliphatic heterocycles. The van der Waals surface area contributed by atoms with Gasteiger partial charge in [-0.3, -0.25) is 0 Å². The molecule has 1 aromatic heterocycles. The molecule has 1 aromatic rings. The van der Waals surface area contributed by atoms with Crippen molar-refractivity contribution in [1.29, 1.82) is 0 Å². The molecule has 0 spiro atoms. The van der Waals surface area contributed by atoms with E-state index in [1.807, 2.05) is 13.0 Å². The highest BCUT2D eigenvalue weighted by molar-refractivity contribution is 7.92. The molecule has 2 unspecified atom stereocenters. The van der Waals surface area contributed by atoms with Gasteiger partial charge < -0.3 is 0 Å². The Labute approximate surface area is 111 Å². The van der Waals surface area contributed by atoms with Crippen LogP contribution in [0.15, 0.2) is 22.8 Å². The maximum absolute atomic E-state index is 11.8. The third kappa shape index (κ3) is 5.42. The molecule has 1 heterocycles. The summed E-state index contributed by atoms with van der Waals surface area (Å²) in [5, 5.41) is 9.75. The summed E-state index contributed by atoms with van der Waals surface area (Å²) in [4.78, 5) is 14.2. The molecule has 0 N–H and O–H groups in total. The Morgan fingerprint density at radius 3 is 2.78 bits per heavy atom. The number of halogens is 1. The fourth-order valence-electron chi connectivity index (χ4n) is 1.69. The molecule has 0 fully saturated rings. The van der Waals surface area contributed by atoms with E-state index in [1.165, 1.54) is 6.26 Å². The Hall–Kier alpha value is -1.21. The second-order valence-electron chi connectivity index (χ2n) is 4.24. The Balaban J connectivity index is 2.67. The third-order valence-electron chi connectivity index (χ3n) is 2.21. The van der Waals surface area contributed by atoms with Crippen molar-refractivity contribution in [2.75, 3.05) is 12.0 Å². The topological polar surface area (TPSA) is 85.5 Å². The highest BCUT2D eigenvalue weighted by Gasteiger charge is 2.14. The van der Waals surface area contributed by atoms with Crippen molar-refractivity contribution in [1.82, 2.24) is 4.98 Å². The maximum atomic E-state index is 11.8. The summed E-state index contributed by atoms with van der Waals surface area (Å²) in [6.07, 6.45) is 3.57. The molecule has 8 heteroatoms. The van der Waals surface area contributed by atoms with E-state index >= 15 is 0 Å². The lowest BCUT2D eigenvalue weighted by molar-refractivity contribution is -0.482. The molecule has 0 aromatic carbocycles. The summed E-state index contributed by atoms with van der Waals surface area (Å²) in [5.41, 5.74) is 0.947. The minimum atomic E-state index is -2.78. The Morgan fingerprint density at radius 2 is 2.28 bits per heavy atom. The monoisotopic (exact) mass is 291 g/mol. The number of aromatic nitrogens is 1. The standard InChI is InChI=1S/C10H14ClN3O3S/c1-8(7-18(2,17)13-14(15)16)5-9-3-4-10(11)12-6-9/h3-4,6,8H,5,7H2,1-2H3. The van der Waals surface area contributed by atoms with Gasteiger partial charge in [0.2, 0.25) is 0 Å². The molecule has 100 valence electrons. The summed E-state index contributed by atoms with van der Waals surface area (Å²) in [5.74, 6) is 0.186. The van der Waals surface area contributed by atoms with E-state index < -0.39 is 14.8 Å². The van der Waals surface area contributed by atoms with Gasteiger partial charge in [-0.15, -0.1) is 0 Å². The van der Waals surface area contributed by atoms with Gasteiger partial charge in [0.05, 0.1) is 0 Å². The highest BCUT2D eigenvalue weighted by Crippen LogP contribution is 2.12. The van der Waals surface area contributed by atoms with E-state index in [2.05, 4.69) is 9.46 Å². The van der Waals surface area contributed by atoms with E-state index in [0.717, 1.165) is 5.56 Å². The van der Waals surface area contributed by atoms with Crippen molar-refractivity contribution in [2.24, 2.45) is 10.4 Å². The first-order valence-electron chi connectivity index (χ1n) is 5.23. The van der Waals surface area contributed by atoms with Crippen LogP contribution in [0, 0.1) is 16.0 Å². The zero-order valence-electron chi connectivity index (χ0n) is 10.1. The largest absolute Gasteiger partial charge is 0.244 e. The van der Waals surface area contributed by atoms with Crippen LogP contribution in [0.4, 0.5) is 0 Å². The predicted octanol–water partition coefficient (Wildman–Crippen LogP) is 2.20. The Kier molecular flexibility index (Phi) is 5.03. The van der Waals surface area contributed by atoms with E-state index in [4.69, 9.17) is 11.6 Å². The minimum Gasteiger partial charge on any atom is -0.244 e. The molecule has 0 amide bonds. The molecule has 0 aliphatic rings. The van der Waals surface area contributed by atoms with Crippen molar-refractivity contribution in [2.45, 2.75) is 13.3 Å². The molecule has 2 atom stereocenters.